The van der Waals surface area contributed by atoms with Crippen LogP contribution in [0.1, 0.15) is 11.5 Å². The molecule has 0 bridgehead atoms. The number of nitro benzene ring substituents is 1. The van der Waals surface area contributed by atoms with E-state index in [1.165, 1.54) is 19.2 Å². The molecule has 8 heteroatoms. The molecule has 1 aromatic rings. The SMILES string of the molecule is COC(=O)C(C#N)c1ccc(OC)cc1[N+](=O)[O-].[Na+]. The van der Waals surface area contributed by atoms with Crippen molar-refractivity contribution in [1.29, 1.82) is 5.26 Å². The fourth-order valence-corrected chi connectivity index (χ4v) is 1.42. The maximum absolute atomic E-state index is 11.4. The number of nitro groups is 1. The number of esters is 1. The van der Waals surface area contributed by atoms with Crippen LogP contribution in [-0.2, 0) is 9.53 Å². The first-order chi connectivity index (χ1) is 8.54. The Kier molecular flexibility index (Phi) is 7.08. The van der Waals surface area contributed by atoms with Gasteiger partial charge in [0.1, 0.15) is 5.75 Å². The van der Waals surface area contributed by atoms with Crippen molar-refractivity contribution < 1.29 is 48.7 Å². The number of hydrogen-bond donors (Lipinski definition) is 0. The summed E-state index contributed by atoms with van der Waals surface area (Å²) in [5.74, 6) is -1.90. The molecule has 1 aromatic carbocycles. The molecule has 19 heavy (non-hydrogen) atoms. The van der Waals surface area contributed by atoms with Crippen molar-refractivity contribution in [2.45, 2.75) is 5.92 Å². The van der Waals surface area contributed by atoms with Crippen LogP contribution < -0.4 is 34.3 Å². The zero-order valence-electron chi connectivity index (χ0n) is 10.7. The average Bonchev–Trinajstić information content (AvgIpc) is 2.39. The number of carbonyl (C=O) groups is 1. The van der Waals surface area contributed by atoms with E-state index in [0.717, 1.165) is 13.2 Å². The van der Waals surface area contributed by atoms with Crippen LogP contribution in [0.5, 0.6) is 5.75 Å². The van der Waals surface area contributed by atoms with Gasteiger partial charge in [-0.15, -0.1) is 0 Å². The summed E-state index contributed by atoms with van der Waals surface area (Å²) in [5, 5.41) is 19.8. The molecule has 0 heterocycles. The predicted molar refractivity (Wildman–Crippen MR) is 60.0 cm³/mol. The van der Waals surface area contributed by atoms with Gasteiger partial charge in [0.15, 0.2) is 5.92 Å². The van der Waals surface area contributed by atoms with E-state index in [0.29, 0.717) is 0 Å². The molecule has 94 valence electrons. The van der Waals surface area contributed by atoms with Crippen LogP contribution in [0.25, 0.3) is 0 Å². The second kappa shape index (κ2) is 7.74. The van der Waals surface area contributed by atoms with Gasteiger partial charge >= 0.3 is 35.5 Å². The molecule has 0 aliphatic carbocycles. The maximum atomic E-state index is 11.4. The third kappa shape index (κ3) is 3.92. The van der Waals surface area contributed by atoms with Crippen LogP contribution in [0.4, 0.5) is 5.69 Å². The predicted octanol–water partition coefficient (Wildman–Crippen LogP) is -1.61. The Balaban J connectivity index is 0.00000324. The molecule has 0 radical (unpaired) electrons. The van der Waals surface area contributed by atoms with Crippen molar-refractivity contribution in [3.63, 3.8) is 0 Å². The zero-order chi connectivity index (χ0) is 13.7. The van der Waals surface area contributed by atoms with Gasteiger partial charge in [0.25, 0.3) is 5.69 Å². The van der Waals surface area contributed by atoms with Crippen LogP contribution in [-0.4, -0.2) is 25.1 Å². The van der Waals surface area contributed by atoms with Crippen molar-refractivity contribution >= 4 is 11.7 Å². The fraction of sp³-hybridized carbons (Fsp3) is 0.273. The Morgan fingerprint density at radius 2 is 2.11 bits per heavy atom. The summed E-state index contributed by atoms with van der Waals surface area (Å²) in [6.45, 7) is 0. The number of nitrogens with zero attached hydrogens (tertiary/aromatic N) is 2. The van der Waals surface area contributed by atoms with Crippen LogP contribution in [0.15, 0.2) is 18.2 Å². The van der Waals surface area contributed by atoms with Crippen molar-refractivity contribution in [2.75, 3.05) is 14.2 Å². The van der Waals surface area contributed by atoms with E-state index in [1.54, 1.807) is 6.07 Å². The molecule has 0 saturated heterocycles. The molecule has 0 aromatic heterocycles. The number of carbonyl (C=O) groups excluding carboxylic acids is 1. The monoisotopic (exact) mass is 273 g/mol. The van der Waals surface area contributed by atoms with Crippen molar-refractivity contribution in [3.05, 3.63) is 33.9 Å². The van der Waals surface area contributed by atoms with Crippen molar-refractivity contribution in [1.82, 2.24) is 0 Å². The third-order valence-corrected chi connectivity index (χ3v) is 2.31. The minimum atomic E-state index is -1.33. The first kappa shape index (κ1) is 17.4. The normalized spacial score (nSPS) is 10.6. The van der Waals surface area contributed by atoms with E-state index in [4.69, 9.17) is 10.00 Å². The van der Waals surface area contributed by atoms with Crippen LogP contribution in [0, 0.1) is 21.4 Å². The topological polar surface area (TPSA) is 102 Å². The molecule has 0 amide bonds. The minimum absolute atomic E-state index is 0. The summed E-state index contributed by atoms with van der Waals surface area (Å²) in [4.78, 5) is 21.6. The van der Waals surface area contributed by atoms with Crippen LogP contribution in [0.2, 0.25) is 0 Å². The molecule has 0 aliphatic rings. The second-order valence-electron chi connectivity index (χ2n) is 3.27. The van der Waals surface area contributed by atoms with Gasteiger partial charge in [-0.2, -0.15) is 5.26 Å². The number of benzene rings is 1. The van der Waals surface area contributed by atoms with Gasteiger partial charge in [-0.3, -0.25) is 14.9 Å². The Hall–Kier alpha value is -1.62. The molecule has 1 unspecified atom stereocenters. The standard InChI is InChI=1S/C11H10N2O5.Na/c1-17-7-3-4-8(10(5-7)13(15)16)9(6-12)11(14)18-2;/h3-5,9H,1-2H3;/q;+1. The zero-order valence-corrected chi connectivity index (χ0v) is 12.7. The summed E-state index contributed by atoms with van der Waals surface area (Å²) in [5.41, 5.74) is -0.374. The summed E-state index contributed by atoms with van der Waals surface area (Å²) >= 11 is 0. The van der Waals surface area contributed by atoms with Gasteiger partial charge in [0, 0.05) is 0 Å². The molecule has 0 saturated carbocycles. The van der Waals surface area contributed by atoms with E-state index >= 15 is 0 Å². The first-order valence-electron chi connectivity index (χ1n) is 4.85. The van der Waals surface area contributed by atoms with Gasteiger partial charge < -0.3 is 9.47 Å². The Morgan fingerprint density at radius 1 is 1.47 bits per heavy atom. The number of methoxy groups -OCH3 is 2. The minimum Gasteiger partial charge on any atom is -0.497 e. The maximum Gasteiger partial charge on any atom is 1.00 e. The third-order valence-electron chi connectivity index (χ3n) is 2.31. The molecular weight excluding hydrogens is 263 g/mol. The molecule has 0 spiro atoms. The van der Waals surface area contributed by atoms with E-state index in [9.17, 15) is 14.9 Å². The Bertz CT molecular complexity index is 526. The molecule has 0 aliphatic heterocycles. The van der Waals surface area contributed by atoms with E-state index in [-0.39, 0.29) is 46.6 Å². The van der Waals surface area contributed by atoms with E-state index in [2.05, 4.69) is 4.74 Å². The summed E-state index contributed by atoms with van der Waals surface area (Å²) in [6.07, 6.45) is 0. The number of hydrogen-bond acceptors (Lipinski definition) is 6. The summed E-state index contributed by atoms with van der Waals surface area (Å²) < 4.78 is 9.29. The molecule has 1 atom stereocenters. The number of nitriles is 1. The number of rotatable bonds is 4. The fourth-order valence-electron chi connectivity index (χ4n) is 1.42. The van der Waals surface area contributed by atoms with Gasteiger partial charge in [0.2, 0.25) is 0 Å². The van der Waals surface area contributed by atoms with Gasteiger partial charge in [-0.25, -0.2) is 0 Å². The largest absolute Gasteiger partial charge is 1.00 e. The van der Waals surface area contributed by atoms with E-state index in [1.807, 2.05) is 0 Å². The second-order valence-corrected chi connectivity index (χ2v) is 3.27. The van der Waals surface area contributed by atoms with Crippen molar-refractivity contribution in [3.8, 4) is 11.8 Å². The number of ether oxygens (including phenoxy) is 2. The molecular formula is C11H10N2NaO5+. The van der Waals surface area contributed by atoms with Gasteiger partial charge in [0.05, 0.1) is 36.8 Å². The first-order valence-corrected chi connectivity index (χ1v) is 4.85. The molecule has 0 N–H and O–H groups in total. The summed E-state index contributed by atoms with van der Waals surface area (Å²) in [6, 6.07) is 5.58. The molecule has 1 rings (SSSR count). The van der Waals surface area contributed by atoms with Gasteiger partial charge in [-0.05, 0) is 12.1 Å². The molecule has 0 fully saturated rings. The van der Waals surface area contributed by atoms with Crippen molar-refractivity contribution in [2.24, 2.45) is 0 Å². The smallest absolute Gasteiger partial charge is 0.497 e. The quantitative estimate of drug-likeness (QED) is 0.283. The van der Waals surface area contributed by atoms with Crippen LogP contribution in [0.3, 0.4) is 0 Å². The Morgan fingerprint density at radius 3 is 2.53 bits per heavy atom. The summed E-state index contributed by atoms with van der Waals surface area (Å²) in [7, 11) is 2.48. The Labute approximate surface area is 131 Å². The van der Waals surface area contributed by atoms with Crippen LogP contribution >= 0.6 is 0 Å². The average molecular weight is 273 g/mol. The van der Waals surface area contributed by atoms with Gasteiger partial charge in [-0.1, -0.05) is 0 Å². The molecule has 7 nitrogen and oxygen atoms in total. The van der Waals surface area contributed by atoms with E-state index < -0.39 is 16.8 Å².